The summed E-state index contributed by atoms with van der Waals surface area (Å²) < 4.78 is 22.9. The molecule has 5 rings (SSSR count). The Kier molecular flexibility index (Phi) is 2.67. The van der Waals surface area contributed by atoms with Crippen molar-refractivity contribution >= 4 is 27.8 Å². The first-order chi connectivity index (χ1) is 12.1. The molecule has 0 spiro atoms. The van der Waals surface area contributed by atoms with Gasteiger partial charge in [0.25, 0.3) is 0 Å². The van der Waals surface area contributed by atoms with Gasteiger partial charge in [0.05, 0.1) is 24.9 Å². The van der Waals surface area contributed by atoms with E-state index in [9.17, 15) is 9.18 Å². The lowest BCUT2D eigenvalue weighted by molar-refractivity contribution is 0.0594. The SMILES string of the molecule is COC(=O)c1cc2c3cc(F)ccc3n3c2c(n1)-c1c(ccn1C)C3. The molecule has 6 heteroatoms. The molecule has 5 nitrogen and oxygen atoms in total. The lowest BCUT2D eigenvalue weighted by Crippen LogP contribution is -2.12. The van der Waals surface area contributed by atoms with Crippen LogP contribution in [-0.4, -0.2) is 27.2 Å². The Morgan fingerprint density at radius 3 is 2.88 bits per heavy atom. The highest BCUT2D eigenvalue weighted by atomic mass is 19.1. The minimum absolute atomic E-state index is 0.224. The maximum absolute atomic E-state index is 13.9. The smallest absolute Gasteiger partial charge is 0.356 e. The van der Waals surface area contributed by atoms with Gasteiger partial charge in [-0.15, -0.1) is 0 Å². The molecule has 0 amide bonds. The molecule has 124 valence electrons. The number of aryl methyl sites for hydroxylation is 1. The van der Waals surface area contributed by atoms with Crippen LogP contribution in [0.5, 0.6) is 0 Å². The molecule has 0 radical (unpaired) electrons. The van der Waals surface area contributed by atoms with E-state index in [-0.39, 0.29) is 11.5 Å². The summed E-state index contributed by atoms with van der Waals surface area (Å²) in [5.74, 6) is -0.807. The Hall–Kier alpha value is -3.15. The fraction of sp³-hybridized carbons (Fsp3) is 0.158. The molecule has 0 atom stereocenters. The quantitative estimate of drug-likeness (QED) is 0.441. The van der Waals surface area contributed by atoms with E-state index in [0.717, 1.165) is 38.8 Å². The third-order valence-electron chi connectivity index (χ3n) is 4.91. The highest BCUT2D eigenvalue weighted by Crippen LogP contribution is 2.41. The van der Waals surface area contributed by atoms with Crippen molar-refractivity contribution in [3.63, 3.8) is 0 Å². The minimum atomic E-state index is -0.503. The van der Waals surface area contributed by atoms with Crippen LogP contribution >= 0.6 is 0 Å². The number of fused-ring (bicyclic) bond motifs is 5. The van der Waals surface area contributed by atoms with Crippen LogP contribution in [0, 0.1) is 5.82 Å². The predicted octanol–water partition coefficient (Wildman–Crippen LogP) is 3.48. The number of nitrogens with zero attached hydrogens (tertiary/aromatic N) is 3. The van der Waals surface area contributed by atoms with E-state index in [1.807, 2.05) is 23.9 Å². The van der Waals surface area contributed by atoms with Gasteiger partial charge in [0.2, 0.25) is 0 Å². The highest BCUT2D eigenvalue weighted by molar-refractivity contribution is 6.14. The van der Waals surface area contributed by atoms with Crippen LogP contribution in [-0.2, 0) is 18.3 Å². The number of pyridine rings is 1. The maximum atomic E-state index is 13.9. The summed E-state index contributed by atoms with van der Waals surface area (Å²) in [5, 5.41) is 1.59. The van der Waals surface area contributed by atoms with E-state index < -0.39 is 5.97 Å². The summed E-state index contributed by atoms with van der Waals surface area (Å²) in [7, 11) is 3.28. The number of carbonyl (C=O) groups excluding carboxylic acids is 1. The molecule has 0 bridgehead atoms. The van der Waals surface area contributed by atoms with Crippen molar-refractivity contribution < 1.29 is 13.9 Å². The molecule has 4 heterocycles. The van der Waals surface area contributed by atoms with Crippen molar-refractivity contribution in [2.24, 2.45) is 7.05 Å². The number of benzene rings is 1. The molecule has 0 fully saturated rings. The molecule has 1 aromatic carbocycles. The van der Waals surface area contributed by atoms with Crippen molar-refractivity contribution in [1.82, 2.24) is 14.1 Å². The first-order valence-electron chi connectivity index (χ1n) is 7.94. The Bertz CT molecular complexity index is 1200. The highest BCUT2D eigenvalue weighted by Gasteiger charge is 2.27. The maximum Gasteiger partial charge on any atom is 0.356 e. The van der Waals surface area contributed by atoms with Gasteiger partial charge in [-0.2, -0.15) is 0 Å². The van der Waals surface area contributed by atoms with E-state index in [2.05, 4.69) is 9.55 Å². The first-order valence-corrected chi connectivity index (χ1v) is 7.94. The normalized spacial score (nSPS) is 12.6. The van der Waals surface area contributed by atoms with Gasteiger partial charge in [0.15, 0.2) is 0 Å². The van der Waals surface area contributed by atoms with E-state index in [0.29, 0.717) is 6.54 Å². The van der Waals surface area contributed by atoms with Gasteiger partial charge in [-0.25, -0.2) is 14.2 Å². The number of halogens is 1. The third-order valence-corrected chi connectivity index (χ3v) is 4.91. The number of carbonyl (C=O) groups is 1. The van der Waals surface area contributed by atoms with Crippen LogP contribution in [0.1, 0.15) is 16.1 Å². The number of esters is 1. The largest absolute Gasteiger partial charge is 0.464 e. The van der Waals surface area contributed by atoms with Gasteiger partial charge in [-0.3, -0.25) is 0 Å². The predicted molar refractivity (Wildman–Crippen MR) is 92.0 cm³/mol. The number of rotatable bonds is 1. The number of aromatic nitrogens is 3. The minimum Gasteiger partial charge on any atom is -0.464 e. The zero-order chi connectivity index (χ0) is 17.3. The second-order valence-corrected chi connectivity index (χ2v) is 6.29. The standard InChI is InChI=1S/C19H14FN3O2/c1-22-6-5-10-9-23-15-4-3-11(20)7-12(15)13-8-14(19(24)25-2)21-16(17(10)22)18(13)23/h3-8H,9H2,1-2H3. The van der Waals surface area contributed by atoms with Gasteiger partial charge in [-0.05, 0) is 35.9 Å². The monoisotopic (exact) mass is 335 g/mol. The molecule has 0 N–H and O–H groups in total. The molecule has 4 aromatic rings. The Labute approximate surface area is 142 Å². The summed E-state index contributed by atoms with van der Waals surface area (Å²) in [5.41, 5.74) is 4.89. The van der Waals surface area contributed by atoms with Gasteiger partial charge >= 0.3 is 5.97 Å². The summed E-state index contributed by atoms with van der Waals surface area (Å²) in [6.45, 7) is 0.689. The van der Waals surface area contributed by atoms with Crippen LogP contribution in [0.15, 0.2) is 36.5 Å². The fourth-order valence-electron chi connectivity index (χ4n) is 3.83. The molecular formula is C19H14FN3O2. The topological polar surface area (TPSA) is 49.1 Å². The second-order valence-electron chi connectivity index (χ2n) is 6.29. The molecule has 25 heavy (non-hydrogen) atoms. The van der Waals surface area contributed by atoms with Gasteiger partial charge in [0, 0.05) is 29.5 Å². The van der Waals surface area contributed by atoms with Gasteiger partial charge < -0.3 is 13.9 Å². The van der Waals surface area contributed by atoms with Gasteiger partial charge in [0.1, 0.15) is 17.2 Å². The van der Waals surface area contributed by atoms with Crippen LogP contribution in [0.25, 0.3) is 33.2 Å². The Balaban J connectivity index is 2.01. The number of ether oxygens (including phenoxy) is 1. The van der Waals surface area contributed by atoms with Crippen molar-refractivity contribution in [3.8, 4) is 11.4 Å². The summed E-state index contributed by atoms with van der Waals surface area (Å²) >= 11 is 0. The molecule has 0 aliphatic carbocycles. The average Bonchev–Trinajstić information content (AvgIpc) is 3.14. The Morgan fingerprint density at radius 2 is 2.08 bits per heavy atom. The van der Waals surface area contributed by atoms with Crippen molar-refractivity contribution in [2.75, 3.05) is 7.11 Å². The van der Waals surface area contributed by atoms with E-state index >= 15 is 0 Å². The van der Waals surface area contributed by atoms with Crippen LogP contribution in [0.2, 0.25) is 0 Å². The zero-order valence-electron chi connectivity index (χ0n) is 13.7. The van der Waals surface area contributed by atoms with Crippen molar-refractivity contribution in [1.29, 1.82) is 0 Å². The average molecular weight is 335 g/mol. The zero-order valence-corrected chi connectivity index (χ0v) is 13.7. The number of methoxy groups -OCH3 is 1. The molecule has 0 unspecified atom stereocenters. The lowest BCUT2D eigenvalue weighted by atomic mass is 10.1. The van der Waals surface area contributed by atoms with Gasteiger partial charge in [-0.1, -0.05) is 0 Å². The van der Waals surface area contributed by atoms with E-state index in [1.165, 1.54) is 19.2 Å². The van der Waals surface area contributed by atoms with Crippen LogP contribution in [0.4, 0.5) is 4.39 Å². The fourth-order valence-corrected chi connectivity index (χ4v) is 3.83. The summed E-state index contributed by atoms with van der Waals surface area (Å²) in [6, 6.07) is 8.48. The number of hydrogen-bond donors (Lipinski definition) is 0. The van der Waals surface area contributed by atoms with Crippen molar-refractivity contribution in [3.05, 3.63) is 53.6 Å². The van der Waals surface area contributed by atoms with E-state index in [1.54, 1.807) is 12.1 Å². The molecule has 0 saturated heterocycles. The van der Waals surface area contributed by atoms with Crippen LogP contribution < -0.4 is 0 Å². The lowest BCUT2D eigenvalue weighted by Gasteiger charge is -2.18. The summed E-state index contributed by atoms with van der Waals surface area (Å²) in [4.78, 5) is 16.7. The number of hydrogen-bond acceptors (Lipinski definition) is 3. The van der Waals surface area contributed by atoms with Crippen LogP contribution in [0.3, 0.4) is 0 Å². The molecular weight excluding hydrogens is 321 g/mol. The Morgan fingerprint density at radius 1 is 1.24 bits per heavy atom. The molecule has 1 aliphatic heterocycles. The molecule has 3 aromatic heterocycles. The summed E-state index contributed by atoms with van der Waals surface area (Å²) in [6.07, 6.45) is 1.98. The third kappa shape index (κ3) is 1.76. The first kappa shape index (κ1) is 14.2. The molecule has 1 aliphatic rings. The second kappa shape index (κ2) is 4.69. The van der Waals surface area contributed by atoms with E-state index in [4.69, 9.17) is 4.74 Å². The van der Waals surface area contributed by atoms with Crippen molar-refractivity contribution in [2.45, 2.75) is 6.54 Å². The molecule has 0 saturated carbocycles.